The molecule has 6 N–H and O–H groups in total. The van der Waals surface area contributed by atoms with E-state index < -0.39 is 47.5 Å². The summed E-state index contributed by atoms with van der Waals surface area (Å²) < 4.78 is 43.3. The van der Waals surface area contributed by atoms with Gasteiger partial charge in [0.15, 0.2) is 6.61 Å². The van der Waals surface area contributed by atoms with Crippen LogP contribution in [-0.2, 0) is 15.1 Å². The van der Waals surface area contributed by atoms with Crippen molar-refractivity contribution in [3.05, 3.63) is 64.7 Å². The van der Waals surface area contributed by atoms with E-state index in [2.05, 4.69) is 36.2 Å². The zero-order valence-electron chi connectivity index (χ0n) is 23.7. The smallest absolute Gasteiger partial charge is 0.422 e. The monoisotopic (exact) mass is 634 g/mol. The zero-order valence-corrected chi connectivity index (χ0v) is 24.5. The molecule has 0 saturated heterocycles. The maximum Gasteiger partial charge on any atom is 0.422 e. The Morgan fingerprint density at radius 1 is 0.932 bits per heavy atom. The van der Waals surface area contributed by atoms with Gasteiger partial charge in [0.1, 0.15) is 0 Å². The average Bonchev–Trinajstić information content (AvgIpc) is 3.74. The molecule has 12 nitrogen and oxygen atoms in total. The number of benzene rings is 2. The molecule has 0 atom stereocenters. The van der Waals surface area contributed by atoms with E-state index in [0.29, 0.717) is 16.3 Å². The second kappa shape index (κ2) is 12.9. The number of nitrogens with zero attached hydrogens (tertiary/aromatic N) is 3. The van der Waals surface area contributed by atoms with Crippen LogP contribution in [0.3, 0.4) is 0 Å². The topological polar surface area (TPSA) is 173 Å². The summed E-state index contributed by atoms with van der Waals surface area (Å²) in [7, 11) is 0. The minimum Gasteiger partial charge on any atom is -0.454 e. The van der Waals surface area contributed by atoms with E-state index in [9.17, 15) is 27.6 Å². The van der Waals surface area contributed by atoms with E-state index in [1.165, 1.54) is 12.1 Å². The molecule has 3 amide bonds. The van der Waals surface area contributed by atoms with Crippen molar-refractivity contribution in [2.45, 2.75) is 38.4 Å². The van der Waals surface area contributed by atoms with E-state index in [4.69, 9.17) is 22.1 Å². The van der Waals surface area contributed by atoms with Crippen molar-refractivity contribution in [1.29, 1.82) is 0 Å². The van der Waals surface area contributed by atoms with E-state index in [0.717, 1.165) is 18.4 Å². The predicted octanol–water partition coefficient (Wildman–Crippen LogP) is 3.67. The van der Waals surface area contributed by atoms with Gasteiger partial charge in [-0.25, -0.2) is 0 Å². The first-order valence-corrected chi connectivity index (χ1v) is 13.7. The van der Waals surface area contributed by atoms with Gasteiger partial charge in [0.2, 0.25) is 11.9 Å². The number of hydrogen-bond donors (Lipinski definition) is 5. The summed E-state index contributed by atoms with van der Waals surface area (Å²) in [5, 5.41) is 11.8. The highest BCUT2D eigenvalue weighted by Crippen LogP contribution is 2.48. The minimum absolute atomic E-state index is 0.0118. The quantitative estimate of drug-likeness (QED) is 0.186. The molecule has 0 unspecified atom stereocenters. The first kappa shape index (κ1) is 32.3. The third-order valence-electron chi connectivity index (χ3n) is 6.56. The highest BCUT2D eigenvalue weighted by Gasteiger charge is 2.45. The fourth-order valence-electron chi connectivity index (χ4n) is 4.00. The van der Waals surface area contributed by atoms with Crippen LogP contribution in [0.4, 0.5) is 30.8 Å². The van der Waals surface area contributed by atoms with Gasteiger partial charge in [-0.3, -0.25) is 14.4 Å². The SMILES string of the molecule is CC(C)(CNC(=O)C(N)=O)CNC(=O)c1ccc(Nc2nc(NC3(c4ccc(Cl)cc4)CC3)nc(OCC(F)(F)F)n2)cc1. The molecule has 1 saturated carbocycles. The van der Waals surface area contributed by atoms with Crippen LogP contribution in [0, 0.1) is 5.41 Å². The van der Waals surface area contributed by atoms with E-state index >= 15 is 0 Å². The second-order valence-corrected chi connectivity index (χ2v) is 11.4. The van der Waals surface area contributed by atoms with Crippen LogP contribution in [-0.4, -0.2) is 58.5 Å². The molecule has 1 fully saturated rings. The van der Waals surface area contributed by atoms with Crippen LogP contribution >= 0.6 is 11.6 Å². The highest BCUT2D eigenvalue weighted by atomic mass is 35.5. The Balaban J connectivity index is 1.44. The molecule has 1 aliphatic carbocycles. The number of carbonyl (C=O) groups is 3. The number of halogens is 4. The second-order valence-electron chi connectivity index (χ2n) is 11.0. The molecule has 0 bridgehead atoms. The molecule has 1 aliphatic rings. The number of anilines is 3. The third kappa shape index (κ3) is 9.17. The molecule has 3 aromatic rings. The lowest BCUT2D eigenvalue weighted by atomic mass is 9.93. The number of nitrogens with two attached hydrogens (primary N) is 1. The van der Waals surface area contributed by atoms with Crippen molar-refractivity contribution in [3.8, 4) is 6.01 Å². The third-order valence-corrected chi connectivity index (χ3v) is 6.81. The van der Waals surface area contributed by atoms with Crippen LogP contribution < -0.4 is 31.7 Å². The van der Waals surface area contributed by atoms with Gasteiger partial charge in [-0.05, 0) is 60.2 Å². The molecular weight excluding hydrogens is 605 g/mol. The van der Waals surface area contributed by atoms with Crippen molar-refractivity contribution < 1.29 is 32.3 Å². The Morgan fingerprint density at radius 3 is 2.14 bits per heavy atom. The molecule has 2 aromatic carbocycles. The van der Waals surface area contributed by atoms with Crippen molar-refractivity contribution in [1.82, 2.24) is 25.6 Å². The standard InChI is InChI=1S/C28H30ClF3N8O4/c1-26(2,14-35-22(43)20(33)41)13-34-21(42)16-3-9-19(10-4-16)36-23-37-24(39-25(38-23)44-15-28(30,31)32)40-27(11-12-27)17-5-7-18(29)8-6-17/h3-10H,11-15H2,1-2H3,(H2,33,41)(H,34,42)(H,35,43)(H2,36,37,38,39,40). The molecule has 4 rings (SSSR count). The van der Waals surface area contributed by atoms with Gasteiger partial charge in [0, 0.05) is 29.4 Å². The minimum atomic E-state index is -4.60. The van der Waals surface area contributed by atoms with E-state index in [-0.39, 0.29) is 25.0 Å². The fraction of sp³-hybridized carbons (Fsp3) is 0.357. The van der Waals surface area contributed by atoms with Gasteiger partial charge < -0.3 is 31.7 Å². The number of ether oxygens (including phenoxy) is 1. The summed E-state index contributed by atoms with van der Waals surface area (Å²) in [6.45, 7) is 2.27. The molecule has 0 radical (unpaired) electrons. The van der Waals surface area contributed by atoms with Gasteiger partial charge in [0.05, 0.1) is 5.54 Å². The van der Waals surface area contributed by atoms with Gasteiger partial charge in [0.25, 0.3) is 5.91 Å². The molecule has 16 heteroatoms. The average molecular weight is 635 g/mol. The predicted molar refractivity (Wildman–Crippen MR) is 155 cm³/mol. The summed E-state index contributed by atoms with van der Waals surface area (Å²) in [5.41, 5.74) is 5.51. The van der Waals surface area contributed by atoms with Gasteiger partial charge in [-0.1, -0.05) is 37.6 Å². The highest BCUT2D eigenvalue weighted by molar-refractivity contribution is 6.34. The molecule has 234 valence electrons. The van der Waals surface area contributed by atoms with Crippen LogP contribution in [0.2, 0.25) is 5.02 Å². The van der Waals surface area contributed by atoms with Crippen molar-refractivity contribution in [2.24, 2.45) is 11.1 Å². The Morgan fingerprint density at radius 2 is 1.55 bits per heavy atom. The van der Waals surface area contributed by atoms with E-state index in [1.807, 2.05) is 12.1 Å². The van der Waals surface area contributed by atoms with Gasteiger partial charge in [-0.15, -0.1) is 0 Å². The number of nitrogens with one attached hydrogen (secondary N) is 4. The van der Waals surface area contributed by atoms with Crippen LogP contribution in [0.15, 0.2) is 48.5 Å². The number of carbonyl (C=O) groups excluding carboxylic acids is 3. The fourth-order valence-corrected chi connectivity index (χ4v) is 4.12. The van der Waals surface area contributed by atoms with Crippen LogP contribution in [0.1, 0.15) is 42.6 Å². The largest absolute Gasteiger partial charge is 0.454 e. The number of primary amides is 1. The molecule has 0 spiro atoms. The maximum atomic E-state index is 12.8. The molecular formula is C28H30ClF3N8O4. The Kier molecular flexibility index (Phi) is 9.47. The first-order valence-electron chi connectivity index (χ1n) is 13.4. The number of aromatic nitrogens is 3. The summed E-state index contributed by atoms with van der Waals surface area (Å²) in [6, 6.07) is 12.9. The molecule has 1 heterocycles. The van der Waals surface area contributed by atoms with Crippen LogP contribution in [0.25, 0.3) is 0 Å². The zero-order chi connectivity index (χ0) is 32.1. The molecule has 44 heavy (non-hydrogen) atoms. The first-order chi connectivity index (χ1) is 20.6. The summed E-state index contributed by atoms with van der Waals surface area (Å²) in [6.07, 6.45) is -3.12. The van der Waals surface area contributed by atoms with Crippen molar-refractivity contribution >= 4 is 46.9 Å². The Hall–Kier alpha value is -4.66. The van der Waals surface area contributed by atoms with Crippen molar-refractivity contribution in [2.75, 3.05) is 30.3 Å². The number of hydrogen-bond acceptors (Lipinski definition) is 9. The van der Waals surface area contributed by atoms with E-state index in [1.54, 1.807) is 38.1 Å². The molecule has 0 aliphatic heterocycles. The summed E-state index contributed by atoms with van der Waals surface area (Å²) in [4.78, 5) is 47.3. The number of alkyl halides is 3. The van der Waals surface area contributed by atoms with Crippen LogP contribution in [0.5, 0.6) is 6.01 Å². The summed E-state index contributed by atoms with van der Waals surface area (Å²) >= 11 is 6.01. The summed E-state index contributed by atoms with van der Waals surface area (Å²) in [5.74, 6) is -2.47. The van der Waals surface area contributed by atoms with Crippen molar-refractivity contribution in [3.63, 3.8) is 0 Å². The molecule has 1 aromatic heterocycles. The lowest BCUT2D eigenvalue weighted by molar-refractivity contribution is -0.154. The van der Waals surface area contributed by atoms with Gasteiger partial charge >= 0.3 is 24.0 Å². The normalized spacial score (nSPS) is 13.9. The number of rotatable bonds is 12. The Labute approximate surface area is 255 Å². The lowest BCUT2D eigenvalue weighted by Gasteiger charge is -2.25. The number of amides is 3. The maximum absolute atomic E-state index is 12.8. The lowest BCUT2D eigenvalue weighted by Crippen LogP contribution is -2.45. The Bertz CT molecular complexity index is 1510. The van der Waals surface area contributed by atoms with Gasteiger partial charge in [-0.2, -0.15) is 28.1 Å².